The number of amides is 1. The monoisotopic (exact) mass is 275 g/mol. The van der Waals surface area contributed by atoms with Gasteiger partial charge in [-0.05, 0) is 24.1 Å². The van der Waals surface area contributed by atoms with E-state index in [2.05, 4.69) is 20.5 Å². The molecule has 1 aromatic carbocycles. The van der Waals surface area contributed by atoms with E-state index in [0.29, 0.717) is 0 Å². The summed E-state index contributed by atoms with van der Waals surface area (Å²) in [6.07, 6.45) is 0.752. The summed E-state index contributed by atoms with van der Waals surface area (Å²) in [6.45, 7) is 1.99. The van der Waals surface area contributed by atoms with E-state index in [9.17, 15) is 4.79 Å². The maximum atomic E-state index is 12.0. The summed E-state index contributed by atoms with van der Waals surface area (Å²) in [7, 11) is 1.61. The molecule has 1 aromatic heterocycles. The highest BCUT2D eigenvalue weighted by Gasteiger charge is 2.16. The molecule has 1 amide bonds. The van der Waals surface area contributed by atoms with Crippen LogP contribution in [0.1, 0.15) is 35.6 Å². The van der Waals surface area contributed by atoms with E-state index < -0.39 is 0 Å². The summed E-state index contributed by atoms with van der Waals surface area (Å²) >= 11 is 0. The molecule has 0 spiro atoms. The Labute approximate surface area is 116 Å². The molecule has 0 saturated heterocycles. The van der Waals surface area contributed by atoms with Crippen LogP contribution in [0.3, 0.4) is 0 Å². The fourth-order valence-electron chi connectivity index (χ4n) is 1.86. The molecular weight excluding hydrogens is 258 g/mol. The number of carbonyl (C=O) groups excluding carboxylic acids is 1. The van der Waals surface area contributed by atoms with E-state index in [4.69, 9.17) is 10.5 Å². The second kappa shape index (κ2) is 6.05. The first kappa shape index (κ1) is 13.9. The van der Waals surface area contributed by atoms with Gasteiger partial charge >= 0.3 is 0 Å². The van der Waals surface area contributed by atoms with Crippen molar-refractivity contribution in [1.29, 1.82) is 0 Å². The molecule has 1 heterocycles. The van der Waals surface area contributed by atoms with Crippen molar-refractivity contribution in [3.05, 3.63) is 35.7 Å². The second-order valence-corrected chi connectivity index (χ2v) is 4.25. The number of nitrogens with one attached hydrogen (secondary N) is 2. The second-order valence-electron chi connectivity index (χ2n) is 4.25. The van der Waals surface area contributed by atoms with Crippen molar-refractivity contribution >= 4 is 11.9 Å². The summed E-state index contributed by atoms with van der Waals surface area (Å²) in [5, 5.41) is 9.00. The van der Waals surface area contributed by atoms with Crippen LogP contribution in [0.5, 0.6) is 5.75 Å². The molecule has 0 saturated carbocycles. The fourth-order valence-corrected chi connectivity index (χ4v) is 1.86. The largest absolute Gasteiger partial charge is 0.497 e. The Bertz CT molecular complexity index is 579. The molecule has 106 valence electrons. The number of anilines is 1. The number of aromatic nitrogens is 3. The van der Waals surface area contributed by atoms with Crippen LogP contribution < -0.4 is 15.8 Å². The third-order valence-corrected chi connectivity index (χ3v) is 2.95. The predicted octanol–water partition coefficient (Wildman–Crippen LogP) is 1.28. The number of hydrogen-bond acceptors (Lipinski definition) is 5. The average Bonchev–Trinajstić information content (AvgIpc) is 2.91. The first-order valence-corrected chi connectivity index (χ1v) is 6.26. The van der Waals surface area contributed by atoms with Crippen LogP contribution in [0.25, 0.3) is 0 Å². The summed E-state index contributed by atoms with van der Waals surface area (Å²) < 4.78 is 5.11. The highest BCUT2D eigenvalue weighted by molar-refractivity contribution is 5.90. The van der Waals surface area contributed by atoms with Crippen molar-refractivity contribution in [2.45, 2.75) is 19.4 Å². The Kier molecular flexibility index (Phi) is 4.19. The predicted molar refractivity (Wildman–Crippen MR) is 74.3 cm³/mol. The Balaban J connectivity index is 2.09. The molecule has 20 heavy (non-hydrogen) atoms. The summed E-state index contributed by atoms with van der Waals surface area (Å²) in [4.78, 5) is 15.8. The zero-order valence-electron chi connectivity index (χ0n) is 11.4. The number of nitrogens with two attached hydrogens (primary N) is 1. The lowest BCUT2D eigenvalue weighted by Crippen LogP contribution is -2.29. The van der Waals surface area contributed by atoms with Crippen LogP contribution in [0, 0.1) is 0 Å². The first-order chi connectivity index (χ1) is 9.63. The van der Waals surface area contributed by atoms with Gasteiger partial charge < -0.3 is 15.8 Å². The molecular formula is C13H17N5O2. The van der Waals surface area contributed by atoms with E-state index in [0.717, 1.165) is 17.7 Å². The van der Waals surface area contributed by atoms with E-state index in [1.807, 2.05) is 31.2 Å². The van der Waals surface area contributed by atoms with Gasteiger partial charge in [-0.2, -0.15) is 4.98 Å². The van der Waals surface area contributed by atoms with Crippen LogP contribution in [0.4, 0.5) is 5.95 Å². The number of hydrogen-bond donors (Lipinski definition) is 3. The maximum absolute atomic E-state index is 12.0. The molecule has 0 radical (unpaired) electrons. The van der Waals surface area contributed by atoms with E-state index in [1.165, 1.54) is 0 Å². The van der Waals surface area contributed by atoms with Crippen molar-refractivity contribution in [3.63, 3.8) is 0 Å². The summed E-state index contributed by atoms with van der Waals surface area (Å²) in [6, 6.07) is 7.44. The van der Waals surface area contributed by atoms with Crippen molar-refractivity contribution < 1.29 is 9.53 Å². The van der Waals surface area contributed by atoms with Crippen molar-refractivity contribution in [1.82, 2.24) is 20.5 Å². The number of benzene rings is 1. The molecule has 0 aliphatic carbocycles. The number of H-pyrrole nitrogens is 1. The number of nitrogens with zero attached hydrogens (tertiary/aromatic N) is 2. The number of carbonyl (C=O) groups is 1. The maximum Gasteiger partial charge on any atom is 0.289 e. The minimum absolute atomic E-state index is 0.0487. The normalized spacial score (nSPS) is 11.9. The zero-order valence-corrected chi connectivity index (χ0v) is 11.4. The molecule has 7 heteroatoms. The highest BCUT2D eigenvalue weighted by Crippen LogP contribution is 2.20. The molecule has 2 rings (SSSR count). The molecule has 0 bridgehead atoms. The van der Waals surface area contributed by atoms with Gasteiger partial charge in [0.2, 0.25) is 11.8 Å². The van der Waals surface area contributed by atoms with Gasteiger partial charge in [0.25, 0.3) is 5.91 Å². The first-order valence-electron chi connectivity index (χ1n) is 6.26. The smallest absolute Gasteiger partial charge is 0.289 e. The molecule has 4 N–H and O–H groups in total. The van der Waals surface area contributed by atoms with E-state index in [1.54, 1.807) is 7.11 Å². The van der Waals surface area contributed by atoms with Gasteiger partial charge in [-0.3, -0.25) is 9.89 Å². The van der Waals surface area contributed by atoms with Crippen molar-refractivity contribution in [2.24, 2.45) is 0 Å². The van der Waals surface area contributed by atoms with Crippen LogP contribution >= 0.6 is 0 Å². The van der Waals surface area contributed by atoms with Crippen LogP contribution in [0.15, 0.2) is 24.3 Å². The topological polar surface area (TPSA) is 106 Å². The zero-order chi connectivity index (χ0) is 14.5. The van der Waals surface area contributed by atoms with E-state index >= 15 is 0 Å². The quantitative estimate of drug-likeness (QED) is 0.762. The van der Waals surface area contributed by atoms with E-state index in [-0.39, 0.29) is 23.7 Å². The molecule has 7 nitrogen and oxygen atoms in total. The van der Waals surface area contributed by atoms with Gasteiger partial charge in [0.05, 0.1) is 13.2 Å². The van der Waals surface area contributed by atoms with Crippen molar-refractivity contribution in [3.8, 4) is 5.75 Å². The SMILES string of the molecule is CCC(NC(=O)c1nc(N)n[nH]1)c1ccc(OC)cc1. The molecule has 1 atom stereocenters. The number of aromatic amines is 1. The molecule has 0 aliphatic rings. The van der Waals surface area contributed by atoms with Crippen LogP contribution in [-0.4, -0.2) is 28.2 Å². The Hall–Kier alpha value is -2.57. The summed E-state index contributed by atoms with van der Waals surface area (Å²) in [5.41, 5.74) is 6.37. The van der Waals surface area contributed by atoms with Gasteiger partial charge in [0, 0.05) is 0 Å². The lowest BCUT2D eigenvalue weighted by Gasteiger charge is -2.16. The third-order valence-electron chi connectivity index (χ3n) is 2.95. The van der Waals surface area contributed by atoms with Crippen LogP contribution in [0.2, 0.25) is 0 Å². The van der Waals surface area contributed by atoms with Crippen molar-refractivity contribution in [2.75, 3.05) is 12.8 Å². The van der Waals surface area contributed by atoms with Gasteiger partial charge in [-0.25, -0.2) is 0 Å². The average molecular weight is 275 g/mol. The Morgan fingerprint density at radius 1 is 1.45 bits per heavy atom. The number of ether oxygens (including phenoxy) is 1. The Morgan fingerprint density at radius 2 is 2.15 bits per heavy atom. The highest BCUT2D eigenvalue weighted by atomic mass is 16.5. The number of rotatable bonds is 5. The molecule has 0 fully saturated rings. The third kappa shape index (κ3) is 3.05. The summed E-state index contributed by atoms with van der Waals surface area (Å²) in [5.74, 6) is 0.594. The lowest BCUT2D eigenvalue weighted by atomic mass is 10.0. The standard InChI is InChI=1S/C13H17N5O2/c1-3-10(8-4-6-9(20-2)7-5-8)15-12(19)11-16-13(14)18-17-11/h4-7,10H,3H2,1-2H3,(H,15,19)(H3,14,16,17,18). The molecule has 2 aromatic rings. The van der Waals surface area contributed by atoms with Gasteiger partial charge in [0.1, 0.15) is 5.75 Å². The fraction of sp³-hybridized carbons (Fsp3) is 0.308. The molecule has 1 unspecified atom stereocenters. The van der Waals surface area contributed by atoms with Crippen LogP contribution in [-0.2, 0) is 0 Å². The minimum atomic E-state index is -0.336. The number of methoxy groups -OCH3 is 1. The van der Waals surface area contributed by atoms with Gasteiger partial charge in [-0.15, -0.1) is 5.10 Å². The lowest BCUT2D eigenvalue weighted by molar-refractivity contribution is 0.0925. The number of nitrogen functional groups attached to an aromatic ring is 1. The van der Waals surface area contributed by atoms with Gasteiger partial charge in [0.15, 0.2) is 0 Å². The Morgan fingerprint density at radius 3 is 2.65 bits per heavy atom. The molecule has 0 aliphatic heterocycles. The minimum Gasteiger partial charge on any atom is -0.497 e. The van der Waals surface area contributed by atoms with Gasteiger partial charge in [-0.1, -0.05) is 19.1 Å².